The summed E-state index contributed by atoms with van der Waals surface area (Å²) < 4.78 is 0. The Bertz CT molecular complexity index is 970. The molecule has 0 bridgehead atoms. The number of halogens is 1. The number of aliphatic imine (C=N–C) groups is 1. The number of guanidine groups is 1. The van der Waals surface area contributed by atoms with Crippen molar-refractivity contribution in [1.82, 2.24) is 20.5 Å². The predicted octanol–water partition coefficient (Wildman–Crippen LogP) is 3.93. The highest BCUT2D eigenvalue weighted by atomic mass is 127. The summed E-state index contributed by atoms with van der Waals surface area (Å²) in [5.41, 5.74) is 3.54. The zero-order chi connectivity index (χ0) is 21.2. The number of hydrogen-bond acceptors (Lipinski definition) is 2. The normalized spacial score (nSPS) is 11.1. The molecule has 0 radical (unpaired) electrons. The third kappa shape index (κ3) is 7.27. The zero-order valence-corrected chi connectivity index (χ0v) is 20.6. The molecule has 0 unspecified atom stereocenters. The van der Waals surface area contributed by atoms with Crippen molar-refractivity contribution in [3.8, 4) is 0 Å². The maximum absolute atomic E-state index is 12.7. The lowest BCUT2D eigenvalue weighted by atomic mass is 10.1. The number of nitrogens with zero attached hydrogens (tertiary/aromatic N) is 2. The number of likely N-dealkylation sites (N-methyl/N-ethyl adjacent to an activating group) is 1. The number of fused-ring (bicyclic) bond motifs is 1. The molecule has 1 heterocycles. The Morgan fingerprint density at radius 2 is 1.77 bits per heavy atom. The fourth-order valence-electron chi connectivity index (χ4n) is 3.42. The lowest BCUT2D eigenvalue weighted by Gasteiger charge is -2.20. The van der Waals surface area contributed by atoms with Crippen molar-refractivity contribution >= 4 is 46.7 Å². The highest BCUT2D eigenvalue weighted by molar-refractivity contribution is 14.0. The summed E-state index contributed by atoms with van der Waals surface area (Å²) >= 11 is 0. The van der Waals surface area contributed by atoms with E-state index in [-0.39, 0.29) is 36.4 Å². The molecule has 0 aliphatic rings. The van der Waals surface area contributed by atoms with Gasteiger partial charge in [0.15, 0.2) is 5.96 Å². The van der Waals surface area contributed by atoms with E-state index in [1.807, 2.05) is 55.1 Å². The molecule has 1 amide bonds. The first-order chi connectivity index (χ1) is 14.7. The smallest absolute Gasteiger partial charge is 0.244 e. The minimum absolute atomic E-state index is 0. The number of rotatable bonds is 9. The molecule has 3 aromatic rings. The highest BCUT2D eigenvalue weighted by Gasteiger charge is 2.12. The van der Waals surface area contributed by atoms with Gasteiger partial charge in [0.05, 0.1) is 0 Å². The van der Waals surface area contributed by atoms with Crippen LogP contribution in [-0.2, 0) is 17.8 Å². The van der Waals surface area contributed by atoms with Crippen molar-refractivity contribution in [1.29, 1.82) is 0 Å². The number of H-pyrrole nitrogens is 1. The van der Waals surface area contributed by atoms with E-state index in [1.165, 1.54) is 10.9 Å². The molecule has 2 aromatic carbocycles. The first-order valence-electron chi connectivity index (χ1n) is 10.6. The van der Waals surface area contributed by atoms with Crippen molar-refractivity contribution in [2.24, 2.45) is 4.99 Å². The molecule has 0 atom stereocenters. The van der Waals surface area contributed by atoms with Crippen LogP contribution in [0.15, 0.2) is 65.8 Å². The molecule has 0 saturated heterocycles. The van der Waals surface area contributed by atoms with Crippen LogP contribution in [0.3, 0.4) is 0 Å². The van der Waals surface area contributed by atoms with Crippen molar-refractivity contribution in [2.45, 2.75) is 26.8 Å². The van der Waals surface area contributed by atoms with Crippen LogP contribution in [0, 0.1) is 0 Å². The Morgan fingerprint density at radius 1 is 1.03 bits per heavy atom. The summed E-state index contributed by atoms with van der Waals surface area (Å²) in [7, 11) is 0. The molecule has 0 aliphatic heterocycles. The lowest BCUT2D eigenvalue weighted by Crippen LogP contribution is -2.40. The van der Waals surface area contributed by atoms with Crippen LogP contribution in [0.1, 0.15) is 25.0 Å². The van der Waals surface area contributed by atoms with Crippen LogP contribution in [0.2, 0.25) is 0 Å². The number of amides is 1. The summed E-state index contributed by atoms with van der Waals surface area (Å²) in [5, 5.41) is 7.81. The summed E-state index contributed by atoms with van der Waals surface area (Å²) in [6.45, 7) is 6.90. The molecule has 3 rings (SSSR count). The number of carbonyl (C=O) groups excluding carboxylic acids is 1. The van der Waals surface area contributed by atoms with E-state index in [2.05, 4.69) is 45.0 Å². The van der Waals surface area contributed by atoms with Gasteiger partial charge in [0.25, 0.3) is 0 Å². The summed E-state index contributed by atoms with van der Waals surface area (Å²) in [6.07, 6.45) is 2.93. The van der Waals surface area contributed by atoms with Crippen LogP contribution in [0.25, 0.3) is 10.9 Å². The van der Waals surface area contributed by atoms with Crippen LogP contribution in [-0.4, -0.2) is 47.9 Å². The second-order valence-corrected chi connectivity index (χ2v) is 7.12. The molecule has 0 saturated carbocycles. The lowest BCUT2D eigenvalue weighted by molar-refractivity contribution is -0.130. The number of para-hydroxylation sites is 1. The number of carbonyl (C=O) groups is 1. The molecule has 0 spiro atoms. The minimum atomic E-state index is 0. The van der Waals surface area contributed by atoms with Gasteiger partial charge in [0.1, 0.15) is 6.54 Å². The molecular weight excluding hydrogens is 501 g/mol. The molecule has 1 aromatic heterocycles. The van der Waals surface area contributed by atoms with Crippen LogP contribution in [0.4, 0.5) is 0 Å². The predicted molar refractivity (Wildman–Crippen MR) is 139 cm³/mol. The van der Waals surface area contributed by atoms with Gasteiger partial charge in [0, 0.05) is 43.3 Å². The van der Waals surface area contributed by atoms with E-state index >= 15 is 0 Å². The van der Waals surface area contributed by atoms with E-state index in [9.17, 15) is 4.79 Å². The first-order valence-corrected chi connectivity index (χ1v) is 10.6. The van der Waals surface area contributed by atoms with Gasteiger partial charge in [-0.15, -0.1) is 24.0 Å². The van der Waals surface area contributed by atoms with Crippen LogP contribution >= 0.6 is 24.0 Å². The van der Waals surface area contributed by atoms with Gasteiger partial charge in [-0.1, -0.05) is 48.5 Å². The average molecular weight is 533 g/mol. The van der Waals surface area contributed by atoms with Crippen LogP contribution < -0.4 is 10.6 Å². The first kappa shape index (κ1) is 24.7. The Balaban J connectivity index is 0.00000341. The van der Waals surface area contributed by atoms with E-state index < -0.39 is 0 Å². The van der Waals surface area contributed by atoms with Gasteiger partial charge in [-0.05, 0) is 37.5 Å². The maximum atomic E-state index is 12.7. The molecule has 166 valence electrons. The highest BCUT2D eigenvalue weighted by Crippen LogP contribution is 2.17. The van der Waals surface area contributed by atoms with E-state index in [0.717, 1.165) is 30.6 Å². The molecule has 0 aliphatic carbocycles. The molecule has 0 fully saturated rings. The standard InChI is InChI=1S/C24H31N5O.HI/c1-3-25-24(26-15-14-20-16-27-22-13-9-8-12-21(20)22)28-17-23(30)29(4-2)18-19-10-6-5-7-11-19;/h5-13,16,27H,3-4,14-15,17-18H2,1-2H3,(H2,25,26,28);1H. The number of nitrogens with one attached hydrogen (secondary N) is 3. The van der Waals surface area contributed by atoms with Gasteiger partial charge in [-0.2, -0.15) is 0 Å². The Hall–Kier alpha value is -2.55. The second kappa shape index (κ2) is 13.0. The second-order valence-electron chi connectivity index (χ2n) is 7.12. The van der Waals surface area contributed by atoms with Gasteiger partial charge in [0.2, 0.25) is 5.91 Å². The molecule has 3 N–H and O–H groups in total. The summed E-state index contributed by atoms with van der Waals surface area (Å²) in [5.74, 6) is 0.691. The van der Waals surface area contributed by atoms with Crippen molar-refractivity contribution < 1.29 is 4.79 Å². The van der Waals surface area contributed by atoms with Gasteiger partial charge < -0.3 is 20.5 Å². The molecule has 31 heavy (non-hydrogen) atoms. The van der Waals surface area contributed by atoms with Gasteiger partial charge in [-0.3, -0.25) is 4.79 Å². The van der Waals surface area contributed by atoms with Crippen LogP contribution in [0.5, 0.6) is 0 Å². The quantitative estimate of drug-likeness (QED) is 0.222. The van der Waals surface area contributed by atoms with E-state index in [4.69, 9.17) is 0 Å². The van der Waals surface area contributed by atoms with E-state index in [0.29, 0.717) is 19.0 Å². The average Bonchev–Trinajstić information content (AvgIpc) is 3.19. The number of aromatic nitrogens is 1. The van der Waals surface area contributed by atoms with Crippen molar-refractivity contribution in [3.63, 3.8) is 0 Å². The SMILES string of the molecule is CCNC(=NCC(=O)N(CC)Cc1ccccc1)NCCc1c[nH]c2ccccc12.I. The minimum Gasteiger partial charge on any atom is -0.361 e. The number of aromatic amines is 1. The fraction of sp³-hybridized carbons (Fsp3) is 0.333. The Morgan fingerprint density at radius 3 is 2.52 bits per heavy atom. The van der Waals surface area contributed by atoms with Gasteiger partial charge >= 0.3 is 0 Å². The third-order valence-corrected chi connectivity index (χ3v) is 5.03. The molecule has 7 heteroatoms. The number of hydrogen-bond donors (Lipinski definition) is 3. The largest absolute Gasteiger partial charge is 0.361 e. The third-order valence-electron chi connectivity index (χ3n) is 5.03. The fourth-order valence-corrected chi connectivity index (χ4v) is 3.42. The molecule has 6 nitrogen and oxygen atoms in total. The maximum Gasteiger partial charge on any atom is 0.244 e. The van der Waals surface area contributed by atoms with E-state index in [1.54, 1.807) is 0 Å². The summed E-state index contributed by atoms with van der Waals surface area (Å²) in [4.78, 5) is 22.3. The summed E-state index contributed by atoms with van der Waals surface area (Å²) in [6, 6.07) is 18.3. The zero-order valence-electron chi connectivity index (χ0n) is 18.2. The Kier molecular flexibility index (Phi) is 10.4. The topological polar surface area (TPSA) is 72.5 Å². The monoisotopic (exact) mass is 533 g/mol. The van der Waals surface area contributed by atoms with Gasteiger partial charge in [-0.25, -0.2) is 4.99 Å². The molecular formula is C24H32IN5O. The van der Waals surface area contributed by atoms with Crippen molar-refractivity contribution in [2.75, 3.05) is 26.2 Å². The number of benzene rings is 2. The van der Waals surface area contributed by atoms with Crippen molar-refractivity contribution in [3.05, 3.63) is 71.9 Å². The Labute approximate surface area is 201 Å².